The van der Waals surface area contributed by atoms with Crippen LogP contribution >= 0.6 is 15.9 Å². The lowest BCUT2D eigenvalue weighted by molar-refractivity contribution is -0.147. The first-order valence-corrected chi connectivity index (χ1v) is 12.5. The molecule has 36 heavy (non-hydrogen) atoms. The largest absolute Gasteiger partial charge is 0.457 e. The van der Waals surface area contributed by atoms with Crippen LogP contribution in [0.5, 0.6) is 11.5 Å². The van der Waals surface area contributed by atoms with Crippen molar-refractivity contribution < 1.29 is 23.9 Å². The van der Waals surface area contributed by atoms with Crippen LogP contribution in [0, 0.1) is 5.92 Å². The maximum Gasteiger partial charge on any atom is 0.311 e. The third-order valence-corrected chi connectivity index (χ3v) is 6.60. The summed E-state index contributed by atoms with van der Waals surface area (Å²) in [5.74, 6) is -0.240. The molecule has 1 amide bonds. The Kier molecular flexibility index (Phi) is 7.59. The lowest BCUT2D eigenvalue weighted by Gasteiger charge is -2.19. The molecule has 1 aliphatic rings. The Morgan fingerprint density at radius 2 is 1.50 bits per heavy atom. The normalized spacial score (nSPS) is 15.6. The second-order valence-electron chi connectivity index (χ2n) is 9.81. The third-order valence-electron chi connectivity index (χ3n) is 6.07. The van der Waals surface area contributed by atoms with Crippen molar-refractivity contribution >= 4 is 39.3 Å². The molecule has 1 saturated heterocycles. The fourth-order valence-electron chi connectivity index (χ4n) is 3.94. The monoisotopic (exact) mass is 549 g/mol. The van der Waals surface area contributed by atoms with Crippen LogP contribution in [0.15, 0.2) is 77.3 Å². The predicted molar refractivity (Wildman–Crippen MR) is 142 cm³/mol. The van der Waals surface area contributed by atoms with Gasteiger partial charge in [0.05, 0.1) is 5.92 Å². The van der Waals surface area contributed by atoms with Crippen LogP contribution in [0.3, 0.4) is 0 Å². The molecule has 6 nitrogen and oxygen atoms in total. The van der Waals surface area contributed by atoms with Crippen LogP contribution in [0.1, 0.15) is 43.1 Å². The summed E-state index contributed by atoms with van der Waals surface area (Å²) in [7, 11) is 0. The zero-order chi connectivity index (χ0) is 25.9. The topological polar surface area (TPSA) is 72.9 Å². The number of Topliss-reactive ketones (excluding diaryl/α,β-unsaturated/α-hetero) is 1. The van der Waals surface area contributed by atoms with E-state index in [9.17, 15) is 14.4 Å². The smallest absolute Gasteiger partial charge is 0.311 e. The molecule has 3 aromatic rings. The molecule has 0 radical (unpaired) electrons. The summed E-state index contributed by atoms with van der Waals surface area (Å²) >= 11 is 3.32. The zero-order valence-corrected chi connectivity index (χ0v) is 22.1. The van der Waals surface area contributed by atoms with Gasteiger partial charge in [-0.2, -0.15) is 0 Å². The van der Waals surface area contributed by atoms with Crippen molar-refractivity contribution in [2.75, 3.05) is 18.1 Å². The molecular formula is C29H28BrNO5. The molecule has 0 spiro atoms. The van der Waals surface area contributed by atoms with Crippen LogP contribution < -0.4 is 9.64 Å². The minimum absolute atomic E-state index is 0.0453. The number of rotatable bonds is 7. The SMILES string of the molecule is CC(C)(C)c1ccc(Oc2ccc(N3C[C@H](C(=O)OCC(=O)c4ccc(Br)cc4)CC3=O)cc2)cc1. The molecule has 0 unspecified atom stereocenters. The van der Waals surface area contributed by atoms with Gasteiger partial charge in [0.2, 0.25) is 5.91 Å². The van der Waals surface area contributed by atoms with Crippen LogP contribution in [-0.2, 0) is 19.7 Å². The van der Waals surface area contributed by atoms with Gasteiger partial charge in [0.15, 0.2) is 12.4 Å². The number of nitrogens with zero attached hydrogens (tertiary/aromatic N) is 1. The molecule has 4 rings (SSSR count). The van der Waals surface area contributed by atoms with Gasteiger partial charge in [0.25, 0.3) is 0 Å². The van der Waals surface area contributed by atoms with E-state index in [1.54, 1.807) is 53.4 Å². The molecule has 0 saturated carbocycles. The van der Waals surface area contributed by atoms with Gasteiger partial charge in [-0.15, -0.1) is 0 Å². The minimum Gasteiger partial charge on any atom is -0.457 e. The summed E-state index contributed by atoms with van der Waals surface area (Å²) < 4.78 is 12.0. The molecule has 0 aromatic heterocycles. The van der Waals surface area contributed by atoms with E-state index in [1.165, 1.54) is 5.56 Å². The van der Waals surface area contributed by atoms with Crippen molar-refractivity contribution in [3.8, 4) is 11.5 Å². The second-order valence-corrected chi connectivity index (χ2v) is 10.7. The number of ketones is 1. The lowest BCUT2D eigenvalue weighted by atomic mass is 9.87. The van der Waals surface area contributed by atoms with Crippen molar-refractivity contribution in [3.05, 3.63) is 88.4 Å². The number of benzene rings is 3. The number of halogens is 1. The van der Waals surface area contributed by atoms with E-state index in [-0.39, 0.29) is 36.7 Å². The zero-order valence-electron chi connectivity index (χ0n) is 20.5. The molecular weight excluding hydrogens is 522 g/mol. The Hall–Kier alpha value is -3.45. The van der Waals surface area contributed by atoms with E-state index >= 15 is 0 Å². The Morgan fingerprint density at radius 1 is 0.917 bits per heavy atom. The predicted octanol–water partition coefficient (Wildman–Crippen LogP) is 6.32. The lowest BCUT2D eigenvalue weighted by Crippen LogP contribution is -2.27. The Morgan fingerprint density at radius 3 is 2.08 bits per heavy atom. The first-order chi connectivity index (χ1) is 17.1. The average Bonchev–Trinajstić information content (AvgIpc) is 3.24. The van der Waals surface area contributed by atoms with E-state index < -0.39 is 11.9 Å². The molecule has 0 aliphatic carbocycles. The standard InChI is InChI=1S/C29H28BrNO5/c1-29(2,3)21-6-12-24(13-7-21)36-25-14-10-23(11-15-25)31-17-20(16-27(31)33)28(34)35-18-26(32)19-4-8-22(30)9-5-19/h4-15,20H,16-18H2,1-3H3/t20-/m1/s1. The maximum absolute atomic E-state index is 12.6. The molecule has 1 atom stereocenters. The molecule has 1 aliphatic heterocycles. The van der Waals surface area contributed by atoms with E-state index in [2.05, 4.69) is 48.8 Å². The highest BCUT2D eigenvalue weighted by Crippen LogP contribution is 2.30. The van der Waals surface area contributed by atoms with Crippen molar-refractivity contribution in [1.29, 1.82) is 0 Å². The molecule has 3 aromatic carbocycles. The summed E-state index contributed by atoms with van der Waals surface area (Å²) in [6.07, 6.45) is 0.0453. The van der Waals surface area contributed by atoms with Gasteiger partial charge in [-0.3, -0.25) is 14.4 Å². The number of carbonyl (C=O) groups excluding carboxylic acids is 3. The first-order valence-electron chi connectivity index (χ1n) is 11.7. The van der Waals surface area contributed by atoms with Crippen molar-refractivity contribution in [2.24, 2.45) is 5.92 Å². The van der Waals surface area contributed by atoms with E-state index in [1.807, 2.05) is 12.1 Å². The molecule has 1 heterocycles. The number of ether oxygens (including phenoxy) is 2. The maximum atomic E-state index is 12.6. The second kappa shape index (κ2) is 10.7. The Balaban J connectivity index is 1.32. The van der Waals surface area contributed by atoms with Gasteiger partial charge >= 0.3 is 5.97 Å². The Bertz CT molecular complexity index is 1240. The van der Waals surface area contributed by atoms with Gasteiger partial charge in [0.1, 0.15) is 11.5 Å². The third kappa shape index (κ3) is 6.21. The van der Waals surface area contributed by atoms with E-state index in [0.29, 0.717) is 17.0 Å². The van der Waals surface area contributed by atoms with Gasteiger partial charge in [0, 0.05) is 28.7 Å². The summed E-state index contributed by atoms with van der Waals surface area (Å²) in [6.45, 7) is 6.34. The summed E-state index contributed by atoms with van der Waals surface area (Å²) in [6, 6.07) is 22.0. The van der Waals surface area contributed by atoms with Gasteiger partial charge in [-0.25, -0.2) is 0 Å². The van der Waals surface area contributed by atoms with Crippen molar-refractivity contribution in [3.63, 3.8) is 0 Å². The van der Waals surface area contributed by atoms with Gasteiger partial charge < -0.3 is 14.4 Å². The fraction of sp³-hybridized carbons (Fsp3) is 0.276. The molecule has 7 heteroatoms. The van der Waals surface area contributed by atoms with Crippen LogP contribution in [0.25, 0.3) is 0 Å². The highest BCUT2D eigenvalue weighted by Gasteiger charge is 2.36. The molecule has 186 valence electrons. The number of anilines is 1. The van der Waals surface area contributed by atoms with Gasteiger partial charge in [-0.1, -0.05) is 61.0 Å². The number of amides is 1. The average molecular weight is 550 g/mol. The number of hydrogen-bond acceptors (Lipinski definition) is 5. The molecule has 1 fully saturated rings. The fourth-order valence-corrected chi connectivity index (χ4v) is 4.21. The highest BCUT2D eigenvalue weighted by molar-refractivity contribution is 9.10. The minimum atomic E-state index is -0.618. The first kappa shape index (κ1) is 25.6. The molecule has 0 bridgehead atoms. The number of carbonyl (C=O) groups is 3. The Labute approximate surface area is 219 Å². The van der Waals surface area contributed by atoms with Gasteiger partial charge in [-0.05, 0) is 59.5 Å². The van der Waals surface area contributed by atoms with Crippen molar-refractivity contribution in [2.45, 2.75) is 32.6 Å². The van der Waals surface area contributed by atoms with E-state index in [4.69, 9.17) is 9.47 Å². The summed E-state index contributed by atoms with van der Waals surface area (Å²) in [4.78, 5) is 38.9. The van der Waals surface area contributed by atoms with Crippen LogP contribution in [0.2, 0.25) is 0 Å². The van der Waals surface area contributed by atoms with Crippen LogP contribution in [0.4, 0.5) is 5.69 Å². The highest BCUT2D eigenvalue weighted by atomic mass is 79.9. The number of hydrogen-bond donors (Lipinski definition) is 0. The van der Waals surface area contributed by atoms with Crippen LogP contribution in [-0.4, -0.2) is 30.8 Å². The quantitative estimate of drug-likeness (QED) is 0.254. The van der Waals surface area contributed by atoms with Crippen molar-refractivity contribution in [1.82, 2.24) is 0 Å². The molecule has 0 N–H and O–H groups in total. The number of esters is 1. The van der Waals surface area contributed by atoms with E-state index in [0.717, 1.165) is 10.2 Å². The summed E-state index contributed by atoms with van der Waals surface area (Å²) in [5, 5.41) is 0. The summed E-state index contributed by atoms with van der Waals surface area (Å²) in [5.41, 5.74) is 2.43.